The molecule has 0 bridgehead atoms. The smallest absolute Gasteiger partial charge is 0.250 e. The summed E-state index contributed by atoms with van der Waals surface area (Å²) in [6.07, 6.45) is 1.32. The highest BCUT2D eigenvalue weighted by Crippen LogP contribution is 2.22. The molecule has 2 N–H and O–H groups in total. The molecular weight excluding hydrogens is 204 g/mol. The van der Waals surface area contributed by atoms with Gasteiger partial charge in [-0.3, -0.25) is 4.79 Å². The number of nitrogens with two attached hydrogens (primary N) is 1. The van der Waals surface area contributed by atoms with Crippen molar-refractivity contribution < 1.29 is 9.53 Å². The fourth-order valence-corrected chi connectivity index (χ4v) is 1.08. The summed E-state index contributed by atoms with van der Waals surface area (Å²) in [6, 6.07) is 1.44. The van der Waals surface area contributed by atoms with Crippen molar-refractivity contribution in [1.82, 2.24) is 4.98 Å². The Bertz CT molecular complexity index is 353. The zero-order valence-corrected chi connectivity index (χ0v) is 8.71. The molecule has 0 radical (unpaired) electrons. The average Bonchev–Trinajstić information content (AvgIpc) is 2.07. The Labute approximate surface area is 87.0 Å². The van der Waals surface area contributed by atoms with Crippen LogP contribution in [-0.4, -0.2) is 17.0 Å². The van der Waals surface area contributed by atoms with E-state index in [1.54, 1.807) is 0 Å². The van der Waals surface area contributed by atoms with Gasteiger partial charge >= 0.3 is 0 Å². The van der Waals surface area contributed by atoms with E-state index in [4.69, 9.17) is 22.1 Å². The first kappa shape index (κ1) is 10.8. The predicted molar refractivity (Wildman–Crippen MR) is 53.5 cm³/mol. The number of carbonyl (C=O) groups excluding carboxylic acids is 1. The van der Waals surface area contributed by atoms with Crippen LogP contribution in [0.4, 0.5) is 0 Å². The summed E-state index contributed by atoms with van der Waals surface area (Å²) in [4.78, 5) is 14.7. The minimum atomic E-state index is -0.560. The Morgan fingerprint density at radius 2 is 2.29 bits per heavy atom. The molecule has 14 heavy (non-hydrogen) atoms. The minimum Gasteiger partial charge on any atom is -0.474 e. The van der Waals surface area contributed by atoms with Crippen molar-refractivity contribution in [3.63, 3.8) is 0 Å². The molecule has 1 aromatic heterocycles. The van der Waals surface area contributed by atoms with Gasteiger partial charge in [0.2, 0.25) is 11.8 Å². The maximum Gasteiger partial charge on any atom is 0.250 e. The van der Waals surface area contributed by atoms with Gasteiger partial charge in [-0.1, -0.05) is 11.6 Å². The highest BCUT2D eigenvalue weighted by Gasteiger charge is 2.08. The van der Waals surface area contributed by atoms with Crippen molar-refractivity contribution in [1.29, 1.82) is 0 Å². The number of amides is 1. The number of nitrogens with zero attached hydrogens (tertiary/aromatic N) is 1. The first-order valence-electron chi connectivity index (χ1n) is 4.12. The summed E-state index contributed by atoms with van der Waals surface area (Å²) < 4.78 is 5.28. The van der Waals surface area contributed by atoms with E-state index in [1.165, 1.54) is 12.3 Å². The van der Waals surface area contributed by atoms with E-state index in [2.05, 4.69) is 4.98 Å². The monoisotopic (exact) mass is 214 g/mol. The van der Waals surface area contributed by atoms with Crippen molar-refractivity contribution in [2.24, 2.45) is 5.73 Å². The molecule has 1 heterocycles. The topological polar surface area (TPSA) is 65.2 Å². The van der Waals surface area contributed by atoms with E-state index in [-0.39, 0.29) is 16.7 Å². The Kier molecular flexibility index (Phi) is 3.30. The Morgan fingerprint density at radius 3 is 2.71 bits per heavy atom. The fourth-order valence-electron chi connectivity index (χ4n) is 0.870. The van der Waals surface area contributed by atoms with E-state index in [1.807, 2.05) is 13.8 Å². The first-order valence-corrected chi connectivity index (χ1v) is 4.50. The van der Waals surface area contributed by atoms with Crippen LogP contribution in [0.15, 0.2) is 12.3 Å². The molecule has 1 rings (SSSR count). The molecule has 0 spiro atoms. The maximum atomic E-state index is 10.8. The number of halogens is 1. The lowest BCUT2D eigenvalue weighted by molar-refractivity contribution is 0.1000. The molecule has 76 valence electrons. The summed E-state index contributed by atoms with van der Waals surface area (Å²) >= 11 is 5.82. The summed E-state index contributed by atoms with van der Waals surface area (Å²) in [7, 11) is 0. The largest absolute Gasteiger partial charge is 0.474 e. The second-order valence-corrected chi connectivity index (χ2v) is 3.45. The second kappa shape index (κ2) is 4.28. The highest BCUT2D eigenvalue weighted by molar-refractivity contribution is 6.32. The molecule has 0 saturated heterocycles. The Balaban J connectivity index is 2.95. The normalized spacial score (nSPS) is 10.3. The molecule has 0 saturated carbocycles. The van der Waals surface area contributed by atoms with Gasteiger partial charge in [-0.05, 0) is 19.9 Å². The lowest BCUT2D eigenvalue weighted by Gasteiger charge is -2.09. The van der Waals surface area contributed by atoms with Crippen molar-refractivity contribution in [2.75, 3.05) is 0 Å². The number of hydrogen-bond acceptors (Lipinski definition) is 3. The molecule has 0 aliphatic rings. The van der Waals surface area contributed by atoms with Crippen LogP contribution in [0.3, 0.4) is 0 Å². The first-order chi connectivity index (χ1) is 6.50. The molecule has 0 aliphatic heterocycles. The number of hydrogen-bond donors (Lipinski definition) is 1. The number of carbonyl (C=O) groups is 1. The van der Waals surface area contributed by atoms with Crippen LogP contribution in [0.5, 0.6) is 5.88 Å². The van der Waals surface area contributed by atoms with Crippen LogP contribution in [0, 0.1) is 0 Å². The summed E-state index contributed by atoms with van der Waals surface area (Å²) in [5, 5.41) is 0.287. The van der Waals surface area contributed by atoms with Gasteiger partial charge in [0.15, 0.2) is 0 Å². The van der Waals surface area contributed by atoms with Gasteiger partial charge in [0.1, 0.15) is 5.02 Å². The van der Waals surface area contributed by atoms with Gasteiger partial charge in [-0.25, -0.2) is 4.98 Å². The highest BCUT2D eigenvalue weighted by atomic mass is 35.5. The van der Waals surface area contributed by atoms with Crippen molar-refractivity contribution in [2.45, 2.75) is 20.0 Å². The Morgan fingerprint density at radius 1 is 1.64 bits per heavy atom. The summed E-state index contributed by atoms with van der Waals surface area (Å²) in [6.45, 7) is 3.72. The molecule has 0 aromatic carbocycles. The average molecular weight is 215 g/mol. The van der Waals surface area contributed by atoms with E-state index in [0.29, 0.717) is 5.88 Å². The predicted octanol–water partition coefficient (Wildman–Crippen LogP) is 1.62. The van der Waals surface area contributed by atoms with Gasteiger partial charge < -0.3 is 10.5 Å². The third-order valence-electron chi connectivity index (χ3n) is 1.44. The van der Waals surface area contributed by atoms with Gasteiger partial charge in [-0.2, -0.15) is 0 Å². The zero-order chi connectivity index (χ0) is 10.7. The van der Waals surface area contributed by atoms with Gasteiger partial charge in [0.25, 0.3) is 0 Å². The van der Waals surface area contributed by atoms with Crippen molar-refractivity contribution >= 4 is 17.5 Å². The Hall–Kier alpha value is -1.29. The zero-order valence-electron chi connectivity index (χ0n) is 7.95. The van der Waals surface area contributed by atoms with E-state index < -0.39 is 5.91 Å². The molecule has 1 amide bonds. The lowest BCUT2D eigenvalue weighted by Crippen LogP contribution is -2.12. The van der Waals surface area contributed by atoms with E-state index in [9.17, 15) is 4.79 Å². The van der Waals surface area contributed by atoms with E-state index >= 15 is 0 Å². The number of pyridine rings is 1. The molecule has 5 heteroatoms. The van der Waals surface area contributed by atoms with Crippen LogP contribution >= 0.6 is 11.6 Å². The number of primary amides is 1. The third kappa shape index (κ3) is 2.60. The molecule has 0 unspecified atom stereocenters. The van der Waals surface area contributed by atoms with Crippen LogP contribution < -0.4 is 10.5 Å². The minimum absolute atomic E-state index is 0.0144. The number of rotatable bonds is 3. The fraction of sp³-hybridized carbons (Fsp3) is 0.333. The van der Waals surface area contributed by atoms with Crippen LogP contribution in [0.1, 0.15) is 24.2 Å². The standard InChI is InChI=1S/C9H11ClN2O2/c1-5(2)14-9-7(10)3-6(4-12-9)8(11)13/h3-5H,1-2H3,(H2,11,13). The third-order valence-corrected chi connectivity index (χ3v) is 1.71. The number of ether oxygens (including phenoxy) is 1. The number of aromatic nitrogens is 1. The van der Waals surface area contributed by atoms with Crippen LogP contribution in [0.25, 0.3) is 0 Å². The van der Waals surface area contributed by atoms with Crippen LogP contribution in [-0.2, 0) is 0 Å². The van der Waals surface area contributed by atoms with Crippen molar-refractivity contribution in [3.8, 4) is 5.88 Å². The van der Waals surface area contributed by atoms with Gasteiger partial charge in [0.05, 0.1) is 11.7 Å². The SMILES string of the molecule is CC(C)Oc1ncc(C(N)=O)cc1Cl. The summed E-state index contributed by atoms with van der Waals surface area (Å²) in [5.74, 6) is -0.248. The van der Waals surface area contributed by atoms with Crippen molar-refractivity contribution in [3.05, 3.63) is 22.8 Å². The molecule has 0 aliphatic carbocycles. The second-order valence-electron chi connectivity index (χ2n) is 3.04. The van der Waals surface area contributed by atoms with Gasteiger partial charge in [-0.15, -0.1) is 0 Å². The van der Waals surface area contributed by atoms with E-state index in [0.717, 1.165) is 0 Å². The lowest BCUT2D eigenvalue weighted by atomic mass is 10.3. The van der Waals surface area contributed by atoms with Gasteiger partial charge in [0, 0.05) is 6.20 Å². The molecule has 4 nitrogen and oxygen atoms in total. The molecule has 0 fully saturated rings. The quantitative estimate of drug-likeness (QED) is 0.832. The molecule has 0 atom stereocenters. The maximum absolute atomic E-state index is 10.8. The van der Waals surface area contributed by atoms with Crippen LogP contribution in [0.2, 0.25) is 5.02 Å². The molecule has 1 aromatic rings. The molecular formula is C9H11ClN2O2. The summed E-state index contributed by atoms with van der Waals surface area (Å²) in [5.41, 5.74) is 5.33.